The summed E-state index contributed by atoms with van der Waals surface area (Å²) in [5.74, 6) is 0.735. The molecule has 0 atom stereocenters. The molecule has 0 spiro atoms. The summed E-state index contributed by atoms with van der Waals surface area (Å²) in [5.41, 5.74) is 1.26. The number of hydrogen-bond donors (Lipinski definition) is 0. The summed E-state index contributed by atoms with van der Waals surface area (Å²) < 4.78 is 7.82. The zero-order valence-corrected chi connectivity index (χ0v) is 11.1. The number of benzene rings is 1. The van der Waals surface area contributed by atoms with Gasteiger partial charge in [-0.1, -0.05) is 23.5 Å². The molecular weight excluding hydrogens is 258 g/mol. The summed E-state index contributed by atoms with van der Waals surface area (Å²) in [7, 11) is 0. The average Bonchev–Trinajstić information content (AvgIpc) is 2.65. The summed E-state index contributed by atoms with van der Waals surface area (Å²) in [6.07, 6.45) is 0.931. The molecule has 1 aromatic carbocycles. The van der Waals surface area contributed by atoms with Crippen LogP contribution in [-0.4, -0.2) is 5.75 Å². The SMILES string of the molecule is Cc1sc2ccccc2[n+]1CCCSOO[O-]. The monoisotopic (exact) mass is 271 g/mol. The molecule has 0 N–H and O–H groups in total. The van der Waals surface area contributed by atoms with Crippen LogP contribution in [-0.2, 0) is 15.9 Å². The molecule has 0 bridgehead atoms. The predicted octanol–water partition coefficient (Wildman–Crippen LogP) is 1.76. The lowest BCUT2D eigenvalue weighted by Crippen LogP contribution is -2.35. The van der Waals surface area contributed by atoms with Gasteiger partial charge in [0.05, 0.1) is 0 Å². The Balaban J connectivity index is 2.00. The van der Waals surface area contributed by atoms with Gasteiger partial charge in [-0.2, -0.15) is 8.90 Å². The molecule has 0 radical (unpaired) electrons. The van der Waals surface area contributed by atoms with Crippen molar-refractivity contribution >= 4 is 33.6 Å². The quantitative estimate of drug-likeness (QED) is 0.264. The maximum absolute atomic E-state index is 9.60. The Morgan fingerprint density at radius 2 is 2.24 bits per heavy atom. The number of fused-ring (bicyclic) bond motifs is 1. The van der Waals surface area contributed by atoms with Crippen LogP contribution in [0.1, 0.15) is 11.4 Å². The van der Waals surface area contributed by atoms with E-state index >= 15 is 0 Å². The molecule has 4 nitrogen and oxygen atoms in total. The lowest BCUT2D eigenvalue weighted by molar-refractivity contribution is -0.777. The highest BCUT2D eigenvalue weighted by Gasteiger charge is 2.15. The van der Waals surface area contributed by atoms with Crippen molar-refractivity contribution in [3.63, 3.8) is 0 Å². The van der Waals surface area contributed by atoms with Gasteiger partial charge in [0.15, 0.2) is 6.54 Å². The molecular formula is C11H13NO3S2. The highest BCUT2D eigenvalue weighted by molar-refractivity contribution is 7.94. The molecule has 1 aromatic heterocycles. The van der Waals surface area contributed by atoms with Gasteiger partial charge in [0, 0.05) is 37.2 Å². The van der Waals surface area contributed by atoms with Gasteiger partial charge in [-0.05, 0) is 6.07 Å². The summed E-state index contributed by atoms with van der Waals surface area (Å²) >= 11 is 2.84. The molecule has 0 aliphatic heterocycles. The van der Waals surface area contributed by atoms with Crippen LogP contribution in [0.15, 0.2) is 24.3 Å². The standard InChI is InChI=1S/C11H13NO3S2/c1-9-12(7-4-8-16-15-14-13)10-5-2-3-6-11(10)17-9/h2-3,5-6H,4,7-8H2,1H3. The highest BCUT2D eigenvalue weighted by Crippen LogP contribution is 2.19. The third-order valence-electron chi connectivity index (χ3n) is 2.48. The zero-order chi connectivity index (χ0) is 12.1. The maximum atomic E-state index is 9.60. The van der Waals surface area contributed by atoms with Crippen LogP contribution in [0.25, 0.3) is 10.2 Å². The van der Waals surface area contributed by atoms with E-state index in [0.717, 1.165) is 30.8 Å². The van der Waals surface area contributed by atoms with E-state index in [-0.39, 0.29) is 0 Å². The topological polar surface area (TPSA) is 45.4 Å². The van der Waals surface area contributed by atoms with E-state index in [1.165, 1.54) is 15.2 Å². The molecule has 92 valence electrons. The average molecular weight is 271 g/mol. The maximum Gasteiger partial charge on any atom is 0.235 e. The number of para-hydroxylation sites is 1. The zero-order valence-electron chi connectivity index (χ0n) is 9.42. The first-order chi connectivity index (χ1) is 8.33. The van der Waals surface area contributed by atoms with Gasteiger partial charge in [0.2, 0.25) is 10.5 Å². The summed E-state index contributed by atoms with van der Waals surface area (Å²) in [4.78, 5) is 0. The van der Waals surface area contributed by atoms with Crippen molar-refractivity contribution < 1.29 is 19.2 Å². The van der Waals surface area contributed by atoms with Crippen molar-refractivity contribution in [2.24, 2.45) is 0 Å². The van der Waals surface area contributed by atoms with Crippen LogP contribution in [0, 0.1) is 6.92 Å². The van der Waals surface area contributed by atoms with Gasteiger partial charge < -0.3 is 5.26 Å². The van der Waals surface area contributed by atoms with E-state index in [4.69, 9.17) is 0 Å². The van der Waals surface area contributed by atoms with Crippen LogP contribution < -0.4 is 9.82 Å². The number of nitrogens with zero attached hydrogens (tertiary/aromatic N) is 1. The Labute approximate surface area is 108 Å². The largest absolute Gasteiger partial charge is 0.691 e. The first-order valence-corrected chi connectivity index (χ1v) is 7.01. The molecule has 0 aliphatic rings. The van der Waals surface area contributed by atoms with E-state index in [1.807, 2.05) is 6.07 Å². The van der Waals surface area contributed by atoms with Gasteiger partial charge in [-0.3, -0.25) is 5.04 Å². The van der Waals surface area contributed by atoms with Gasteiger partial charge in [0.25, 0.3) is 0 Å². The Hall–Kier alpha value is -0.660. The normalized spacial score (nSPS) is 11.2. The first-order valence-electron chi connectivity index (χ1n) is 5.29. The van der Waals surface area contributed by atoms with Crippen LogP contribution in [0.4, 0.5) is 0 Å². The van der Waals surface area contributed by atoms with E-state index in [2.05, 4.69) is 39.1 Å². The molecule has 6 heteroatoms. The Morgan fingerprint density at radius 3 is 3.06 bits per heavy atom. The Morgan fingerprint density at radius 1 is 1.41 bits per heavy atom. The second-order valence-electron chi connectivity index (χ2n) is 3.55. The Kier molecular flexibility index (Phi) is 4.75. The summed E-state index contributed by atoms with van der Waals surface area (Å²) in [6, 6.07) is 8.36. The minimum absolute atomic E-state index is 0.735. The van der Waals surface area contributed by atoms with Crippen molar-refractivity contribution in [3.8, 4) is 0 Å². The minimum atomic E-state index is 0.735. The van der Waals surface area contributed by atoms with Gasteiger partial charge in [-0.25, -0.2) is 0 Å². The summed E-state index contributed by atoms with van der Waals surface area (Å²) in [5, 5.41) is 14.2. The van der Waals surface area contributed by atoms with E-state index in [0.29, 0.717) is 0 Å². The molecule has 0 saturated carbocycles. The molecule has 17 heavy (non-hydrogen) atoms. The number of thiazole rings is 1. The first kappa shape index (κ1) is 12.8. The van der Waals surface area contributed by atoms with Crippen molar-refractivity contribution in [2.75, 3.05) is 5.75 Å². The smallest absolute Gasteiger partial charge is 0.235 e. The van der Waals surface area contributed by atoms with Crippen molar-refractivity contribution in [2.45, 2.75) is 19.9 Å². The lowest BCUT2D eigenvalue weighted by atomic mass is 10.3. The molecule has 2 rings (SSSR count). The highest BCUT2D eigenvalue weighted by atomic mass is 32.2. The molecule has 0 amide bonds. The molecule has 2 aromatic rings. The number of aromatic nitrogens is 1. The minimum Gasteiger partial charge on any atom is -0.691 e. The molecule has 1 heterocycles. The Bertz CT molecular complexity index is 487. The van der Waals surface area contributed by atoms with Gasteiger partial charge >= 0.3 is 0 Å². The third-order valence-corrected chi connectivity index (χ3v) is 4.17. The number of hydrogen-bond acceptors (Lipinski definition) is 5. The summed E-state index contributed by atoms with van der Waals surface area (Å²) in [6.45, 7) is 3.04. The van der Waals surface area contributed by atoms with E-state index in [9.17, 15) is 5.26 Å². The molecule has 0 aliphatic carbocycles. The number of aryl methyl sites for hydroxylation is 2. The molecule has 0 fully saturated rings. The van der Waals surface area contributed by atoms with Gasteiger partial charge in [0.1, 0.15) is 4.70 Å². The molecule has 0 saturated heterocycles. The predicted molar refractivity (Wildman–Crippen MR) is 66.0 cm³/mol. The molecule has 0 unspecified atom stereocenters. The number of rotatable bonds is 6. The van der Waals surface area contributed by atoms with Crippen LogP contribution in [0.3, 0.4) is 0 Å². The third kappa shape index (κ3) is 3.17. The van der Waals surface area contributed by atoms with Crippen LogP contribution in [0.5, 0.6) is 0 Å². The fourth-order valence-electron chi connectivity index (χ4n) is 1.76. The second kappa shape index (κ2) is 6.32. The van der Waals surface area contributed by atoms with Crippen molar-refractivity contribution in [1.29, 1.82) is 0 Å². The van der Waals surface area contributed by atoms with Gasteiger partial charge in [-0.15, -0.1) is 0 Å². The van der Waals surface area contributed by atoms with Crippen molar-refractivity contribution in [1.82, 2.24) is 0 Å². The van der Waals surface area contributed by atoms with Crippen molar-refractivity contribution in [3.05, 3.63) is 29.3 Å². The second-order valence-corrected chi connectivity index (χ2v) is 5.57. The van der Waals surface area contributed by atoms with E-state index < -0.39 is 0 Å². The fraction of sp³-hybridized carbons (Fsp3) is 0.364. The lowest BCUT2D eigenvalue weighted by Gasteiger charge is -2.02. The van der Waals surface area contributed by atoms with Crippen LogP contribution >= 0.6 is 23.4 Å². The van der Waals surface area contributed by atoms with E-state index in [1.54, 1.807) is 11.3 Å². The van der Waals surface area contributed by atoms with Crippen LogP contribution in [0.2, 0.25) is 0 Å². The fourth-order valence-corrected chi connectivity index (χ4v) is 3.17.